The van der Waals surface area contributed by atoms with Crippen LogP contribution in [-0.4, -0.2) is 49.0 Å². The Morgan fingerprint density at radius 3 is 2.70 bits per heavy atom. The SMILES string of the molecule is CCOC(=O)c1sc(NC(=O)CSc2nnc(-c3cccnc3)n2-c2ccccc2)nc1C. The van der Waals surface area contributed by atoms with E-state index in [9.17, 15) is 9.59 Å². The number of carbonyl (C=O) groups is 2. The van der Waals surface area contributed by atoms with Gasteiger partial charge in [-0.25, -0.2) is 9.78 Å². The zero-order valence-corrected chi connectivity index (χ0v) is 19.5. The van der Waals surface area contributed by atoms with Crippen molar-refractivity contribution in [3.63, 3.8) is 0 Å². The van der Waals surface area contributed by atoms with Gasteiger partial charge in [0.2, 0.25) is 5.91 Å². The first-order chi connectivity index (χ1) is 16.1. The highest BCUT2D eigenvalue weighted by Crippen LogP contribution is 2.28. The molecule has 4 rings (SSSR count). The van der Waals surface area contributed by atoms with Crippen LogP contribution in [0.2, 0.25) is 0 Å². The van der Waals surface area contributed by atoms with Gasteiger partial charge in [-0.15, -0.1) is 10.2 Å². The average Bonchev–Trinajstić information content (AvgIpc) is 3.42. The molecular formula is C22H20N6O3S2. The zero-order chi connectivity index (χ0) is 23.2. The van der Waals surface area contributed by atoms with Gasteiger partial charge in [0.05, 0.1) is 18.1 Å². The third-order valence-corrected chi connectivity index (χ3v) is 6.39. The summed E-state index contributed by atoms with van der Waals surface area (Å²) in [5.41, 5.74) is 2.21. The van der Waals surface area contributed by atoms with E-state index >= 15 is 0 Å². The molecule has 1 N–H and O–H groups in total. The summed E-state index contributed by atoms with van der Waals surface area (Å²) in [6.07, 6.45) is 3.41. The van der Waals surface area contributed by atoms with Crippen molar-refractivity contribution in [2.45, 2.75) is 19.0 Å². The standard InChI is InChI=1S/C22H20N6O3S2/c1-3-31-20(30)18-14(2)24-21(33-18)25-17(29)13-32-22-27-26-19(15-8-7-11-23-12-15)28(22)16-9-5-4-6-10-16/h4-12H,3,13H2,1-2H3,(H,24,25,29). The van der Waals surface area contributed by atoms with E-state index in [1.54, 1.807) is 26.2 Å². The molecule has 0 unspecified atom stereocenters. The predicted octanol–water partition coefficient (Wildman–Crippen LogP) is 4.00. The molecule has 0 radical (unpaired) electrons. The number of aromatic nitrogens is 5. The number of amides is 1. The van der Waals surface area contributed by atoms with E-state index in [4.69, 9.17) is 4.74 Å². The smallest absolute Gasteiger partial charge is 0.350 e. The normalized spacial score (nSPS) is 10.7. The Hall–Kier alpha value is -3.57. The number of nitrogens with zero attached hydrogens (tertiary/aromatic N) is 5. The van der Waals surface area contributed by atoms with Crippen molar-refractivity contribution in [3.8, 4) is 17.1 Å². The van der Waals surface area contributed by atoms with Crippen molar-refractivity contribution >= 4 is 40.1 Å². The van der Waals surface area contributed by atoms with Gasteiger partial charge in [0.15, 0.2) is 16.1 Å². The molecule has 0 saturated heterocycles. The first kappa shape index (κ1) is 22.6. The first-order valence-electron chi connectivity index (χ1n) is 10.0. The lowest BCUT2D eigenvalue weighted by Gasteiger charge is -2.10. The molecule has 3 heterocycles. The summed E-state index contributed by atoms with van der Waals surface area (Å²) in [7, 11) is 0. The maximum Gasteiger partial charge on any atom is 0.350 e. The van der Waals surface area contributed by atoms with E-state index in [2.05, 4.69) is 25.5 Å². The van der Waals surface area contributed by atoms with E-state index in [-0.39, 0.29) is 18.3 Å². The molecule has 0 spiro atoms. The number of ether oxygens (including phenoxy) is 1. The highest BCUT2D eigenvalue weighted by molar-refractivity contribution is 7.99. The van der Waals surface area contributed by atoms with Crippen LogP contribution in [0.1, 0.15) is 22.3 Å². The number of para-hydroxylation sites is 1. The van der Waals surface area contributed by atoms with Gasteiger partial charge in [-0.1, -0.05) is 41.3 Å². The zero-order valence-electron chi connectivity index (χ0n) is 17.9. The van der Waals surface area contributed by atoms with E-state index in [1.807, 2.05) is 47.0 Å². The second-order valence-electron chi connectivity index (χ2n) is 6.71. The van der Waals surface area contributed by atoms with Gasteiger partial charge in [0.25, 0.3) is 0 Å². The van der Waals surface area contributed by atoms with E-state index < -0.39 is 5.97 Å². The molecule has 0 aliphatic rings. The molecule has 0 saturated carbocycles. The van der Waals surface area contributed by atoms with Gasteiger partial charge in [0, 0.05) is 23.6 Å². The Labute approximate surface area is 198 Å². The van der Waals surface area contributed by atoms with Gasteiger partial charge >= 0.3 is 5.97 Å². The fraction of sp³-hybridized carbons (Fsp3) is 0.182. The van der Waals surface area contributed by atoms with Crippen LogP contribution < -0.4 is 5.32 Å². The number of hydrogen-bond acceptors (Lipinski definition) is 9. The van der Waals surface area contributed by atoms with Crippen LogP contribution in [0.5, 0.6) is 0 Å². The van der Waals surface area contributed by atoms with Crippen molar-refractivity contribution in [3.05, 3.63) is 65.4 Å². The van der Waals surface area contributed by atoms with Crippen LogP contribution in [0, 0.1) is 6.92 Å². The van der Waals surface area contributed by atoms with Crippen molar-refractivity contribution in [1.82, 2.24) is 24.7 Å². The number of aryl methyl sites for hydroxylation is 1. The second-order valence-corrected chi connectivity index (χ2v) is 8.65. The number of hydrogen-bond donors (Lipinski definition) is 1. The molecule has 0 aliphatic heterocycles. The number of thioether (sulfide) groups is 1. The maximum absolute atomic E-state index is 12.6. The molecule has 0 fully saturated rings. The molecular weight excluding hydrogens is 460 g/mol. The number of rotatable bonds is 8. The van der Waals surface area contributed by atoms with Crippen LogP contribution >= 0.6 is 23.1 Å². The molecule has 0 bridgehead atoms. The van der Waals surface area contributed by atoms with E-state index in [1.165, 1.54) is 11.8 Å². The van der Waals surface area contributed by atoms with E-state index in [0.29, 0.717) is 26.7 Å². The van der Waals surface area contributed by atoms with Crippen LogP contribution in [0.3, 0.4) is 0 Å². The van der Waals surface area contributed by atoms with Crippen molar-refractivity contribution in [1.29, 1.82) is 0 Å². The largest absolute Gasteiger partial charge is 0.462 e. The average molecular weight is 481 g/mol. The minimum atomic E-state index is -0.443. The lowest BCUT2D eigenvalue weighted by atomic mass is 10.2. The third kappa shape index (κ3) is 5.26. The Balaban J connectivity index is 1.51. The number of anilines is 1. The summed E-state index contributed by atoms with van der Waals surface area (Å²) in [5, 5.41) is 12.3. The number of benzene rings is 1. The Morgan fingerprint density at radius 1 is 1.15 bits per heavy atom. The molecule has 4 aromatic rings. The Kier molecular flexibility index (Phi) is 7.10. The fourth-order valence-corrected chi connectivity index (χ4v) is 4.60. The molecule has 1 amide bonds. The van der Waals surface area contributed by atoms with Gasteiger partial charge in [-0.3, -0.25) is 14.3 Å². The van der Waals surface area contributed by atoms with E-state index in [0.717, 1.165) is 22.6 Å². The van der Waals surface area contributed by atoms with Gasteiger partial charge < -0.3 is 10.1 Å². The molecule has 3 aromatic heterocycles. The molecule has 33 heavy (non-hydrogen) atoms. The minimum absolute atomic E-state index is 0.0887. The monoisotopic (exact) mass is 480 g/mol. The number of nitrogens with one attached hydrogen (secondary N) is 1. The highest BCUT2D eigenvalue weighted by Gasteiger charge is 2.20. The summed E-state index contributed by atoms with van der Waals surface area (Å²) in [6.45, 7) is 3.72. The predicted molar refractivity (Wildman–Crippen MR) is 127 cm³/mol. The van der Waals surface area contributed by atoms with Crippen LogP contribution in [0.4, 0.5) is 5.13 Å². The topological polar surface area (TPSA) is 112 Å². The van der Waals surface area contributed by atoms with Crippen molar-refractivity contribution in [2.24, 2.45) is 0 Å². The Morgan fingerprint density at radius 2 is 1.97 bits per heavy atom. The number of carbonyl (C=O) groups excluding carboxylic acids is 2. The van der Waals surface area contributed by atoms with Crippen molar-refractivity contribution < 1.29 is 14.3 Å². The van der Waals surface area contributed by atoms with Crippen molar-refractivity contribution in [2.75, 3.05) is 17.7 Å². The summed E-state index contributed by atoms with van der Waals surface area (Å²) in [4.78, 5) is 33.4. The summed E-state index contributed by atoms with van der Waals surface area (Å²) >= 11 is 2.34. The molecule has 0 atom stereocenters. The van der Waals surface area contributed by atoms with Crippen LogP contribution in [0.15, 0.2) is 60.0 Å². The number of thiazole rings is 1. The lowest BCUT2D eigenvalue weighted by Crippen LogP contribution is -2.14. The minimum Gasteiger partial charge on any atom is -0.462 e. The number of pyridine rings is 1. The molecule has 9 nitrogen and oxygen atoms in total. The molecule has 1 aromatic carbocycles. The lowest BCUT2D eigenvalue weighted by molar-refractivity contribution is -0.113. The third-order valence-electron chi connectivity index (χ3n) is 4.40. The summed E-state index contributed by atoms with van der Waals surface area (Å²) < 4.78 is 6.91. The van der Waals surface area contributed by atoms with Crippen LogP contribution in [-0.2, 0) is 9.53 Å². The highest BCUT2D eigenvalue weighted by atomic mass is 32.2. The fourth-order valence-electron chi connectivity index (χ4n) is 2.98. The quantitative estimate of drug-likeness (QED) is 0.297. The van der Waals surface area contributed by atoms with Crippen LogP contribution in [0.25, 0.3) is 17.1 Å². The van der Waals surface area contributed by atoms with Gasteiger partial charge in [-0.2, -0.15) is 0 Å². The number of esters is 1. The first-order valence-corrected chi connectivity index (χ1v) is 11.9. The second kappa shape index (κ2) is 10.4. The molecule has 11 heteroatoms. The van der Waals surface area contributed by atoms with Gasteiger partial charge in [0.1, 0.15) is 4.88 Å². The Bertz CT molecular complexity index is 1260. The van der Waals surface area contributed by atoms with Gasteiger partial charge in [-0.05, 0) is 38.1 Å². The summed E-state index contributed by atoms with van der Waals surface area (Å²) in [5.74, 6) is 0.00792. The molecule has 168 valence electrons. The summed E-state index contributed by atoms with van der Waals surface area (Å²) in [6, 6.07) is 13.4. The maximum atomic E-state index is 12.6. The molecule has 0 aliphatic carbocycles.